The molecule has 0 amide bonds. The van der Waals surface area contributed by atoms with Crippen molar-refractivity contribution < 1.29 is 9.53 Å². The summed E-state index contributed by atoms with van der Waals surface area (Å²) in [4.78, 5) is 18.2. The number of aryl methyl sites for hydroxylation is 1. The fraction of sp³-hybridized carbons (Fsp3) is 0.286. The van der Waals surface area contributed by atoms with Gasteiger partial charge in [0.25, 0.3) is 0 Å². The lowest BCUT2D eigenvalue weighted by Crippen LogP contribution is -2.04. The molecule has 0 saturated carbocycles. The van der Waals surface area contributed by atoms with Crippen LogP contribution in [0.4, 0.5) is 0 Å². The zero-order valence-corrected chi connectivity index (χ0v) is 6.37. The molecule has 11 heavy (non-hydrogen) atoms. The molecule has 0 unspecified atom stereocenters. The highest BCUT2D eigenvalue weighted by Gasteiger charge is 2.02. The van der Waals surface area contributed by atoms with Gasteiger partial charge in [0.2, 0.25) is 5.88 Å². The summed E-state index contributed by atoms with van der Waals surface area (Å²) >= 11 is 0. The van der Waals surface area contributed by atoms with Crippen LogP contribution in [0, 0.1) is 6.92 Å². The highest BCUT2D eigenvalue weighted by molar-refractivity contribution is 5.68. The predicted molar refractivity (Wildman–Crippen MR) is 38.1 cm³/mol. The van der Waals surface area contributed by atoms with Crippen LogP contribution in [0.25, 0.3) is 0 Å². The SMILES string of the molecule is CC(=O)Oc1nccnc1C. The molecule has 1 heterocycles. The molecule has 0 bridgehead atoms. The van der Waals surface area contributed by atoms with E-state index in [0.717, 1.165) is 0 Å². The minimum absolute atomic E-state index is 0.278. The molecular formula is C7H8N2O2. The average molecular weight is 152 g/mol. The van der Waals surface area contributed by atoms with Crippen molar-refractivity contribution >= 4 is 5.97 Å². The lowest BCUT2D eigenvalue weighted by atomic mass is 10.5. The van der Waals surface area contributed by atoms with Gasteiger partial charge in [-0.2, -0.15) is 0 Å². The van der Waals surface area contributed by atoms with Crippen molar-refractivity contribution in [3.63, 3.8) is 0 Å². The zero-order chi connectivity index (χ0) is 8.27. The molecule has 0 atom stereocenters. The van der Waals surface area contributed by atoms with Gasteiger partial charge < -0.3 is 4.74 Å². The normalized spacial score (nSPS) is 9.27. The molecular weight excluding hydrogens is 144 g/mol. The Balaban J connectivity index is 2.86. The predicted octanol–water partition coefficient (Wildman–Crippen LogP) is 0.710. The smallest absolute Gasteiger partial charge is 0.309 e. The molecule has 0 saturated heterocycles. The van der Waals surface area contributed by atoms with E-state index in [4.69, 9.17) is 4.74 Å². The number of hydrogen-bond donors (Lipinski definition) is 0. The van der Waals surface area contributed by atoms with Crippen molar-refractivity contribution in [2.24, 2.45) is 0 Å². The average Bonchev–Trinajstić information content (AvgIpc) is 1.93. The first kappa shape index (κ1) is 7.65. The number of aromatic nitrogens is 2. The minimum Gasteiger partial charge on any atom is -0.406 e. The van der Waals surface area contributed by atoms with E-state index in [9.17, 15) is 4.79 Å². The second-order valence-corrected chi connectivity index (χ2v) is 2.04. The third-order valence-corrected chi connectivity index (χ3v) is 1.08. The molecule has 58 valence electrons. The third-order valence-electron chi connectivity index (χ3n) is 1.08. The maximum absolute atomic E-state index is 10.5. The van der Waals surface area contributed by atoms with Crippen molar-refractivity contribution in [1.82, 2.24) is 9.97 Å². The summed E-state index contributed by atoms with van der Waals surface area (Å²) in [6.45, 7) is 3.05. The summed E-state index contributed by atoms with van der Waals surface area (Å²) in [5.41, 5.74) is 0.614. The van der Waals surface area contributed by atoms with E-state index >= 15 is 0 Å². The van der Waals surface area contributed by atoms with Crippen LogP contribution in [0.1, 0.15) is 12.6 Å². The Bertz CT molecular complexity index is 273. The molecule has 4 nitrogen and oxygen atoms in total. The maximum atomic E-state index is 10.5. The van der Waals surface area contributed by atoms with Crippen molar-refractivity contribution in [3.8, 4) is 5.88 Å². The van der Waals surface area contributed by atoms with Crippen molar-refractivity contribution in [2.75, 3.05) is 0 Å². The topological polar surface area (TPSA) is 52.1 Å². The summed E-state index contributed by atoms with van der Waals surface area (Å²) in [6.07, 6.45) is 3.02. The molecule has 0 aliphatic heterocycles. The van der Waals surface area contributed by atoms with Crippen LogP contribution in [-0.2, 0) is 4.79 Å². The minimum atomic E-state index is -0.381. The lowest BCUT2D eigenvalue weighted by Gasteiger charge is -2.00. The fourth-order valence-corrected chi connectivity index (χ4v) is 0.631. The number of carbonyl (C=O) groups is 1. The van der Waals surface area contributed by atoms with Crippen LogP contribution >= 0.6 is 0 Å². The quantitative estimate of drug-likeness (QED) is 0.556. The van der Waals surface area contributed by atoms with Gasteiger partial charge in [-0.25, -0.2) is 4.98 Å². The maximum Gasteiger partial charge on any atom is 0.309 e. The Labute approximate surface area is 64.2 Å². The number of esters is 1. The molecule has 1 rings (SSSR count). The third kappa shape index (κ3) is 2.00. The van der Waals surface area contributed by atoms with E-state index in [2.05, 4.69) is 9.97 Å². The summed E-state index contributed by atoms with van der Waals surface area (Å²) in [5, 5.41) is 0. The fourth-order valence-electron chi connectivity index (χ4n) is 0.631. The van der Waals surface area contributed by atoms with Crippen LogP contribution in [0.2, 0.25) is 0 Å². The van der Waals surface area contributed by atoms with E-state index in [-0.39, 0.29) is 11.8 Å². The van der Waals surface area contributed by atoms with Gasteiger partial charge >= 0.3 is 5.97 Å². The molecule has 0 aliphatic carbocycles. The van der Waals surface area contributed by atoms with Crippen LogP contribution < -0.4 is 4.74 Å². The second-order valence-electron chi connectivity index (χ2n) is 2.04. The number of carbonyl (C=O) groups excluding carboxylic acids is 1. The second kappa shape index (κ2) is 3.09. The molecule has 0 spiro atoms. The molecule has 0 radical (unpaired) electrons. The van der Waals surface area contributed by atoms with Gasteiger partial charge in [-0.1, -0.05) is 0 Å². The number of nitrogens with zero attached hydrogens (tertiary/aromatic N) is 2. The number of hydrogen-bond acceptors (Lipinski definition) is 4. The van der Waals surface area contributed by atoms with Gasteiger partial charge in [0.15, 0.2) is 0 Å². The highest BCUT2D eigenvalue weighted by atomic mass is 16.5. The van der Waals surface area contributed by atoms with E-state index in [0.29, 0.717) is 5.69 Å². The van der Waals surface area contributed by atoms with Gasteiger partial charge in [0, 0.05) is 19.3 Å². The Morgan fingerprint density at radius 1 is 1.45 bits per heavy atom. The van der Waals surface area contributed by atoms with E-state index in [1.807, 2.05) is 0 Å². The first-order valence-corrected chi connectivity index (χ1v) is 3.16. The summed E-state index contributed by atoms with van der Waals surface area (Å²) in [5.74, 6) is -0.103. The van der Waals surface area contributed by atoms with Crippen LogP contribution in [0.15, 0.2) is 12.4 Å². The molecule has 0 aliphatic rings. The van der Waals surface area contributed by atoms with Gasteiger partial charge in [0.05, 0.1) is 5.69 Å². The molecule has 1 aromatic heterocycles. The first-order chi connectivity index (χ1) is 5.20. The van der Waals surface area contributed by atoms with Crippen molar-refractivity contribution in [3.05, 3.63) is 18.1 Å². The summed E-state index contributed by atoms with van der Waals surface area (Å²) in [6, 6.07) is 0. The standard InChI is InChI=1S/C7H8N2O2/c1-5-7(11-6(2)10)9-4-3-8-5/h3-4H,1-2H3. The van der Waals surface area contributed by atoms with Crippen molar-refractivity contribution in [2.45, 2.75) is 13.8 Å². The summed E-state index contributed by atoms with van der Waals surface area (Å²) < 4.78 is 4.73. The van der Waals surface area contributed by atoms with Gasteiger partial charge in [-0.05, 0) is 6.92 Å². The molecule has 1 aromatic rings. The summed E-state index contributed by atoms with van der Waals surface area (Å²) in [7, 11) is 0. The first-order valence-electron chi connectivity index (χ1n) is 3.16. The monoisotopic (exact) mass is 152 g/mol. The van der Waals surface area contributed by atoms with E-state index in [1.54, 1.807) is 13.1 Å². The Kier molecular flexibility index (Phi) is 2.15. The molecule has 4 heteroatoms. The lowest BCUT2D eigenvalue weighted by molar-refractivity contribution is -0.132. The van der Waals surface area contributed by atoms with Crippen LogP contribution in [0.3, 0.4) is 0 Å². The Hall–Kier alpha value is -1.45. The Morgan fingerprint density at radius 2 is 2.09 bits per heavy atom. The van der Waals surface area contributed by atoms with E-state index in [1.165, 1.54) is 13.1 Å². The Morgan fingerprint density at radius 3 is 2.64 bits per heavy atom. The van der Waals surface area contributed by atoms with Gasteiger partial charge in [-0.15, -0.1) is 0 Å². The highest BCUT2D eigenvalue weighted by Crippen LogP contribution is 2.08. The van der Waals surface area contributed by atoms with Gasteiger partial charge in [-0.3, -0.25) is 9.78 Å². The molecule has 0 N–H and O–H groups in total. The van der Waals surface area contributed by atoms with Gasteiger partial charge in [0.1, 0.15) is 0 Å². The van der Waals surface area contributed by atoms with Crippen LogP contribution in [0.5, 0.6) is 5.88 Å². The van der Waals surface area contributed by atoms with E-state index < -0.39 is 0 Å². The van der Waals surface area contributed by atoms with Crippen LogP contribution in [-0.4, -0.2) is 15.9 Å². The number of rotatable bonds is 1. The van der Waals surface area contributed by atoms with Crippen molar-refractivity contribution in [1.29, 1.82) is 0 Å². The number of ether oxygens (including phenoxy) is 1. The largest absolute Gasteiger partial charge is 0.406 e. The molecule has 0 aromatic carbocycles. The molecule has 0 fully saturated rings. The zero-order valence-electron chi connectivity index (χ0n) is 6.37.